The van der Waals surface area contributed by atoms with Gasteiger partial charge in [-0.1, -0.05) is 0 Å². The monoisotopic (exact) mass is 227 g/mol. The molecule has 5 heteroatoms. The van der Waals surface area contributed by atoms with Gasteiger partial charge in [0.05, 0.1) is 12.6 Å². The van der Waals surface area contributed by atoms with Gasteiger partial charge >= 0.3 is 6.03 Å². The molecule has 0 aliphatic carbocycles. The van der Waals surface area contributed by atoms with E-state index >= 15 is 0 Å². The van der Waals surface area contributed by atoms with E-state index in [1.807, 2.05) is 0 Å². The molecule has 0 radical (unpaired) electrons. The Hall–Kier alpha value is -0.810. The number of rotatable bonds is 2. The average Bonchev–Trinajstić information content (AvgIpc) is 2.70. The van der Waals surface area contributed by atoms with E-state index in [2.05, 4.69) is 22.9 Å². The first-order valence-corrected chi connectivity index (χ1v) is 6.12. The molecule has 3 N–H and O–H groups in total. The van der Waals surface area contributed by atoms with Gasteiger partial charge in [0.1, 0.15) is 0 Å². The van der Waals surface area contributed by atoms with Crippen LogP contribution in [0.1, 0.15) is 26.2 Å². The van der Waals surface area contributed by atoms with Gasteiger partial charge in [0, 0.05) is 18.7 Å². The third kappa shape index (κ3) is 3.35. The second-order valence-corrected chi connectivity index (χ2v) is 4.75. The Labute approximate surface area is 96.3 Å². The van der Waals surface area contributed by atoms with Crippen molar-refractivity contribution in [1.82, 2.24) is 16.0 Å². The average molecular weight is 227 g/mol. The highest BCUT2D eigenvalue weighted by molar-refractivity contribution is 5.74. The van der Waals surface area contributed by atoms with Crippen LogP contribution in [0, 0.1) is 0 Å². The first-order valence-electron chi connectivity index (χ1n) is 6.12. The molecule has 5 nitrogen and oxygen atoms in total. The molecule has 92 valence electrons. The zero-order valence-electron chi connectivity index (χ0n) is 9.79. The second-order valence-electron chi connectivity index (χ2n) is 4.75. The molecule has 3 unspecified atom stereocenters. The predicted molar refractivity (Wildman–Crippen MR) is 61.4 cm³/mol. The van der Waals surface area contributed by atoms with Crippen molar-refractivity contribution in [3.8, 4) is 0 Å². The fraction of sp³-hybridized carbons (Fsp3) is 0.909. The number of carbonyl (C=O) groups is 1. The van der Waals surface area contributed by atoms with Crippen LogP contribution < -0.4 is 16.0 Å². The molecule has 0 aromatic heterocycles. The fourth-order valence-electron chi connectivity index (χ4n) is 2.32. The minimum Gasteiger partial charge on any atom is -0.379 e. The van der Waals surface area contributed by atoms with Crippen LogP contribution in [0.25, 0.3) is 0 Å². The van der Waals surface area contributed by atoms with Crippen molar-refractivity contribution in [1.29, 1.82) is 0 Å². The van der Waals surface area contributed by atoms with Crippen molar-refractivity contribution in [2.45, 2.75) is 44.3 Å². The van der Waals surface area contributed by atoms with E-state index < -0.39 is 0 Å². The van der Waals surface area contributed by atoms with Crippen LogP contribution >= 0.6 is 0 Å². The van der Waals surface area contributed by atoms with Crippen LogP contribution in [0.2, 0.25) is 0 Å². The Balaban J connectivity index is 1.69. The molecule has 0 aromatic carbocycles. The molecular formula is C11H21N3O2. The minimum absolute atomic E-state index is 0.0467. The van der Waals surface area contributed by atoms with Gasteiger partial charge in [-0.3, -0.25) is 0 Å². The normalized spacial score (nSPS) is 34.7. The number of carbonyl (C=O) groups excluding carboxylic acids is 1. The standard InChI is InChI=1S/C11H21N3O2/c1-8-6-9(2-4-12-8)13-11(15)14-10-3-5-16-7-10/h8-10,12H,2-7H2,1H3,(H2,13,14,15). The Morgan fingerprint density at radius 2 is 2.12 bits per heavy atom. The zero-order chi connectivity index (χ0) is 11.4. The van der Waals surface area contributed by atoms with Gasteiger partial charge in [-0.05, 0) is 32.7 Å². The van der Waals surface area contributed by atoms with Gasteiger partial charge in [0.25, 0.3) is 0 Å². The first kappa shape index (κ1) is 11.7. The number of amides is 2. The summed E-state index contributed by atoms with van der Waals surface area (Å²) < 4.78 is 5.21. The number of hydrogen-bond acceptors (Lipinski definition) is 3. The summed E-state index contributed by atoms with van der Waals surface area (Å²) in [6, 6.07) is 0.946. The summed E-state index contributed by atoms with van der Waals surface area (Å²) >= 11 is 0. The van der Waals surface area contributed by atoms with E-state index in [9.17, 15) is 4.79 Å². The summed E-state index contributed by atoms with van der Waals surface area (Å²) in [5, 5.41) is 9.34. The molecule has 2 amide bonds. The quantitative estimate of drug-likeness (QED) is 0.632. The largest absolute Gasteiger partial charge is 0.379 e. The zero-order valence-corrected chi connectivity index (χ0v) is 9.79. The van der Waals surface area contributed by atoms with Crippen molar-refractivity contribution in [2.75, 3.05) is 19.8 Å². The lowest BCUT2D eigenvalue weighted by Gasteiger charge is -2.29. The maximum atomic E-state index is 11.7. The Morgan fingerprint density at radius 1 is 1.31 bits per heavy atom. The summed E-state index contributed by atoms with van der Waals surface area (Å²) in [5.74, 6) is 0. The van der Waals surface area contributed by atoms with Crippen molar-refractivity contribution < 1.29 is 9.53 Å². The summed E-state index contributed by atoms with van der Waals surface area (Å²) in [6.45, 7) is 4.54. The molecule has 2 heterocycles. The predicted octanol–water partition coefficient (Wildman–Crippen LogP) is 0.215. The Morgan fingerprint density at radius 3 is 2.81 bits per heavy atom. The van der Waals surface area contributed by atoms with Crippen molar-refractivity contribution in [2.24, 2.45) is 0 Å². The highest BCUT2D eigenvalue weighted by atomic mass is 16.5. The van der Waals surface area contributed by atoms with E-state index in [1.165, 1.54) is 0 Å². The molecule has 16 heavy (non-hydrogen) atoms. The molecule has 3 atom stereocenters. The van der Waals surface area contributed by atoms with Crippen LogP contribution in [0.4, 0.5) is 4.79 Å². The molecule has 0 spiro atoms. The maximum Gasteiger partial charge on any atom is 0.315 e. The van der Waals surface area contributed by atoms with Gasteiger partial charge in [-0.2, -0.15) is 0 Å². The Kier molecular flexibility index (Phi) is 4.01. The molecule has 2 aliphatic rings. The van der Waals surface area contributed by atoms with E-state index in [4.69, 9.17) is 4.74 Å². The molecule has 2 aliphatic heterocycles. The number of hydrogen-bond donors (Lipinski definition) is 3. The van der Waals surface area contributed by atoms with E-state index in [0.717, 1.165) is 32.4 Å². The van der Waals surface area contributed by atoms with Gasteiger partial charge in [0.15, 0.2) is 0 Å². The van der Waals surface area contributed by atoms with Crippen molar-refractivity contribution >= 4 is 6.03 Å². The third-order valence-electron chi connectivity index (χ3n) is 3.22. The molecule has 0 bridgehead atoms. The SMILES string of the molecule is CC1CC(NC(=O)NC2CCOC2)CCN1. The van der Waals surface area contributed by atoms with Crippen LogP contribution in [0.3, 0.4) is 0 Å². The second kappa shape index (κ2) is 5.50. The third-order valence-corrected chi connectivity index (χ3v) is 3.22. The van der Waals surface area contributed by atoms with Gasteiger partial charge in [0.2, 0.25) is 0 Å². The first-order chi connectivity index (χ1) is 7.74. The van der Waals surface area contributed by atoms with Crippen LogP contribution in [0.15, 0.2) is 0 Å². The van der Waals surface area contributed by atoms with Crippen molar-refractivity contribution in [3.63, 3.8) is 0 Å². The number of nitrogens with one attached hydrogen (secondary N) is 3. The lowest BCUT2D eigenvalue weighted by Crippen LogP contribution is -2.51. The molecular weight excluding hydrogens is 206 g/mol. The minimum atomic E-state index is -0.0467. The number of piperidine rings is 1. The molecule has 2 rings (SSSR count). The number of urea groups is 1. The molecule has 2 saturated heterocycles. The summed E-state index contributed by atoms with van der Waals surface area (Å²) in [5.41, 5.74) is 0. The Bertz CT molecular complexity index is 241. The molecule has 0 aromatic rings. The van der Waals surface area contributed by atoms with Crippen LogP contribution in [0.5, 0.6) is 0 Å². The number of ether oxygens (including phenoxy) is 1. The van der Waals surface area contributed by atoms with Gasteiger partial charge in [-0.25, -0.2) is 4.79 Å². The molecule has 2 fully saturated rings. The summed E-state index contributed by atoms with van der Waals surface area (Å²) in [4.78, 5) is 11.7. The highest BCUT2D eigenvalue weighted by Crippen LogP contribution is 2.08. The fourth-order valence-corrected chi connectivity index (χ4v) is 2.32. The van der Waals surface area contributed by atoms with Crippen molar-refractivity contribution in [3.05, 3.63) is 0 Å². The summed E-state index contributed by atoms with van der Waals surface area (Å²) in [6.07, 6.45) is 2.95. The maximum absolute atomic E-state index is 11.7. The van der Waals surface area contributed by atoms with E-state index in [0.29, 0.717) is 18.7 Å². The lowest BCUT2D eigenvalue weighted by atomic mass is 10.0. The topological polar surface area (TPSA) is 62.4 Å². The lowest BCUT2D eigenvalue weighted by molar-refractivity contribution is 0.187. The molecule has 0 saturated carbocycles. The van der Waals surface area contributed by atoms with Gasteiger partial charge < -0.3 is 20.7 Å². The van der Waals surface area contributed by atoms with Crippen LogP contribution in [-0.2, 0) is 4.74 Å². The van der Waals surface area contributed by atoms with Gasteiger partial charge in [-0.15, -0.1) is 0 Å². The van der Waals surface area contributed by atoms with E-state index in [1.54, 1.807) is 0 Å². The van der Waals surface area contributed by atoms with Crippen LogP contribution in [-0.4, -0.2) is 43.9 Å². The smallest absolute Gasteiger partial charge is 0.315 e. The van der Waals surface area contributed by atoms with E-state index in [-0.39, 0.29) is 12.1 Å². The summed E-state index contributed by atoms with van der Waals surface area (Å²) in [7, 11) is 0. The highest BCUT2D eigenvalue weighted by Gasteiger charge is 2.22.